The quantitative estimate of drug-likeness (QED) is 0.586. The van der Waals surface area contributed by atoms with Gasteiger partial charge in [0, 0.05) is 18.5 Å². The summed E-state index contributed by atoms with van der Waals surface area (Å²) in [5.41, 5.74) is 7.17. The number of benzene rings is 2. The van der Waals surface area contributed by atoms with Crippen LogP contribution in [0.25, 0.3) is 0 Å². The predicted molar refractivity (Wildman–Crippen MR) is 105 cm³/mol. The van der Waals surface area contributed by atoms with E-state index in [0.717, 1.165) is 28.1 Å². The standard InChI is InChI=1S/C21H25N3O2/c1-4-18(17-8-6-5-7-9-17)23-24-21(26)13-12-20(25)22-19-14-15(2)10-11-16(19)3/h5-11,14H,4,12-13H2,1-3H3,(H,22,25)(H,24,26). The Hall–Kier alpha value is -2.95. The number of nitrogens with zero attached hydrogens (tertiary/aromatic N) is 1. The molecule has 0 radical (unpaired) electrons. The summed E-state index contributed by atoms with van der Waals surface area (Å²) in [6.07, 6.45) is 0.908. The van der Waals surface area contributed by atoms with Crippen LogP contribution < -0.4 is 10.7 Å². The van der Waals surface area contributed by atoms with Gasteiger partial charge in [-0.3, -0.25) is 9.59 Å². The summed E-state index contributed by atoms with van der Waals surface area (Å²) < 4.78 is 0. The van der Waals surface area contributed by atoms with Crippen molar-refractivity contribution >= 4 is 23.2 Å². The minimum Gasteiger partial charge on any atom is -0.326 e. The Balaban J connectivity index is 1.85. The average molecular weight is 351 g/mol. The fourth-order valence-electron chi connectivity index (χ4n) is 2.47. The minimum atomic E-state index is -0.275. The van der Waals surface area contributed by atoms with E-state index in [1.54, 1.807) is 0 Å². The van der Waals surface area contributed by atoms with Crippen molar-refractivity contribution in [3.8, 4) is 0 Å². The fraction of sp³-hybridized carbons (Fsp3) is 0.286. The molecule has 0 saturated carbocycles. The highest BCUT2D eigenvalue weighted by Gasteiger charge is 2.09. The molecule has 2 amide bonds. The molecule has 5 heteroatoms. The predicted octanol–water partition coefficient (Wildman–Crippen LogP) is 3.95. The van der Waals surface area contributed by atoms with Crippen molar-refractivity contribution in [2.75, 3.05) is 5.32 Å². The molecule has 0 spiro atoms. The highest BCUT2D eigenvalue weighted by molar-refractivity contribution is 6.01. The van der Waals surface area contributed by atoms with Gasteiger partial charge in [0.25, 0.3) is 0 Å². The lowest BCUT2D eigenvalue weighted by Crippen LogP contribution is -2.22. The van der Waals surface area contributed by atoms with Gasteiger partial charge in [0.2, 0.25) is 11.8 Å². The van der Waals surface area contributed by atoms with Crippen molar-refractivity contribution in [1.82, 2.24) is 5.43 Å². The molecule has 0 atom stereocenters. The number of nitrogens with one attached hydrogen (secondary N) is 2. The molecule has 0 saturated heterocycles. The van der Waals surface area contributed by atoms with Crippen LogP contribution in [0.2, 0.25) is 0 Å². The summed E-state index contributed by atoms with van der Waals surface area (Å²) in [4.78, 5) is 24.0. The lowest BCUT2D eigenvalue weighted by molar-refractivity contribution is -0.124. The third kappa shape index (κ3) is 5.84. The molecule has 0 aliphatic rings. The number of hydrazone groups is 1. The zero-order valence-electron chi connectivity index (χ0n) is 15.5. The molecule has 2 aromatic carbocycles. The number of amides is 2. The van der Waals surface area contributed by atoms with Gasteiger partial charge < -0.3 is 5.32 Å². The van der Waals surface area contributed by atoms with Gasteiger partial charge in [-0.2, -0.15) is 5.10 Å². The highest BCUT2D eigenvalue weighted by Crippen LogP contribution is 2.16. The van der Waals surface area contributed by atoms with Gasteiger partial charge in [-0.1, -0.05) is 49.4 Å². The zero-order valence-corrected chi connectivity index (χ0v) is 15.5. The molecule has 0 aliphatic carbocycles. The summed E-state index contributed by atoms with van der Waals surface area (Å²) in [5.74, 6) is -0.459. The topological polar surface area (TPSA) is 70.6 Å². The number of anilines is 1. The van der Waals surface area contributed by atoms with Gasteiger partial charge in [-0.05, 0) is 43.0 Å². The van der Waals surface area contributed by atoms with Crippen LogP contribution in [0.15, 0.2) is 53.6 Å². The van der Waals surface area contributed by atoms with Crippen LogP contribution in [-0.2, 0) is 9.59 Å². The second kappa shape index (κ2) is 9.51. The molecule has 2 N–H and O–H groups in total. The van der Waals surface area contributed by atoms with E-state index in [9.17, 15) is 9.59 Å². The largest absolute Gasteiger partial charge is 0.326 e. The first-order valence-corrected chi connectivity index (χ1v) is 8.77. The van der Waals surface area contributed by atoms with E-state index < -0.39 is 0 Å². The van der Waals surface area contributed by atoms with E-state index in [-0.39, 0.29) is 24.7 Å². The molecule has 26 heavy (non-hydrogen) atoms. The molecule has 0 heterocycles. The number of rotatable bonds is 7. The van der Waals surface area contributed by atoms with Crippen LogP contribution in [0.5, 0.6) is 0 Å². The second-order valence-corrected chi connectivity index (χ2v) is 6.18. The Morgan fingerprint density at radius 1 is 0.962 bits per heavy atom. The summed E-state index contributed by atoms with van der Waals surface area (Å²) in [6, 6.07) is 15.6. The second-order valence-electron chi connectivity index (χ2n) is 6.18. The van der Waals surface area contributed by atoms with E-state index in [1.807, 2.05) is 69.3 Å². The van der Waals surface area contributed by atoms with Gasteiger partial charge in [-0.25, -0.2) is 5.43 Å². The number of hydrogen-bond acceptors (Lipinski definition) is 3. The summed E-state index contributed by atoms with van der Waals surface area (Å²) in [7, 11) is 0. The van der Waals surface area contributed by atoms with Crippen LogP contribution >= 0.6 is 0 Å². The van der Waals surface area contributed by atoms with E-state index in [0.29, 0.717) is 6.42 Å². The van der Waals surface area contributed by atoms with Gasteiger partial charge >= 0.3 is 0 Å². The van der Waals surface area contributed by atoms with Crippen molar-refractivity contribution in [1.29, 1.82) is 0 Å². The Labute approximate surface area is 154 Å². The maximum absolute atomic E-state index is 12.1. The molecular formula is C21H25N3O2. The van der Waals surface area contributed by atoms with Gasteiger partial charge in [-0.15, -0.1) is 0 Å². The summed E-state index contributed by atoms with van der Waals surface area (Å²) >= 11 is 0. The van der Waals surface area contributed by atoms with E-state index >= 15 is 0 Å². The monoisotopic (exact) mass is 351 g/mol. The Morgan fingerprint density at radius 2 is 1.65 bits per heavy atom. The van der Waals surface area contributed by atoms with E-state index in [4.69, 9.17) is 0 Å². The maximum atomic E-state index is 12.1. The van der Waals surface area contributed by atoms with E-state index in [1.165, 1.54) is 0 Å². The first-order valence-electron chi connectivity index (χ1n) is 8.77. The van der Waals surface area contributed by atoms with Crippen molar-refractivity contribution < 1.29 is 9.59 Å². The molecule has 0 bridgehead atoms. The molecule has 0 aromatic heterocycles. The zero-order chi connectivity index (χ0) is 18.9. The molecular weight excluding hydrogens is 326 g/mol. The number of aryl methyl sites for hydroxylation is 2. The van der Waals surface area contributed by atoms with Crippen LogP contribution in [0.1, 0.15) is 42.9 Å². The SMILES string of the molecule is CCC(=NNC(=O)CCC(=O)Nc1cc(C)ccc1C)c1ccccc1. The highest BCUT2D eigenvalue weighted by atomic mass is 16.2. The molecule has 0 fully saturated rings. The van der Waals surface area contributed by atoms with E-state index in [2.05, 4.69) is 15.8 Å². The van der Waals surface area contributed by atoms with Crippen molar-refractivity contribution in [3.63, 3.8) is 0 Å². The summed E-state index contributed by atoms with van der Waals surface area (Å²) in [6.45, 7) is 5.89. The minimum absolute atomic E-state index is 0.0893. The normalized spacial score (nSPS) is 11.1. The molecule has 2 aromatic rings. The molecule has 5 nitrogen and oxygen atoms in total. The lowest BCUT2D eigenvalue weighted by atomic mass is 10.1. The van der Waals surface area contributed by atoms with Gasteiger partial charge in [0.1, 0.15) is 0 Å². The Bertz CT molecular complexity index is 798. The van der Waals surface area contributed by atoms with Gasteiger partial charge in [0.05, 0.1) is 5.71 Å². The smallest absolute Gasteiger partial charge is 0.240 e. The molecule has 0 unspecified atom stereocenters. The first kappa shape index (κ1) is 19.4. The molecule has 2 rings (SSSR count). The van der Waals surface area contributed by atoms with Crippen molar-refractivity contribution in [2.24, 2.45) is 5.10 Å². The maximum Gasteiger partial charge on any atom is 0.240 e. The number of hydrogen-bond donors (Lipinski definition) is 2. The number of carbonyl (C=O) groups is 2. The van der Waals surface area contributed by atoms with Crippen molar-refractivity contribution in [3.05, 3.63) is 65.2 Å². The van der Waals surface area contributed by atoms with Crippen molar-refractivity contribution in [2.45, 2.75) is 40.0 Å². The lowest BCUT2D eigenvalue weighted by Gasteiger charge is -2.09. The van der Waals surface area contributed by atoms with Crippen LogP contribution in [-0.4, -0.2) is 17.5 Å². The average Bonchev–Trinajstić information content (AvgIpc) is 2.64. The van der Waals surface area contributed by atoms with Crippen LogP contribution in [0.4, 0.5) is 5.69 Å². The Morgan fingerprint density at radius 3 is 2.35 bits per heavy atom. The molecule has 136 valence electrons. The van der Waals surface area contributed by atoms with Crippen LogP contribution in [0.3, 0.4) is 0 Å². The number of carbonyl (C=O) groups excluding carboxylic acids is 2. The Kier molecular flexibility index (Phi) is 7.09. The summed E-state index contributed by atoms with van der Waals surface area (Å²) in [5, 5.41) is 7.04. The van der Waals surface area contributed by atoms with Gasteiger partial charge in [0.15, 0.2) is 0 Å². The first-order chi connectivity index (χ1) is 12.5. The third-order valence-electron chi connectivity index (χ3n) is 4.00. The molecule has 0 aliphatic heterocycles. The van der Waals surface area contributed by atoms with Crippen LogP contribution in [0, 0.1) is 13.8 Å². The fourth-order valence-corrected chi connectivity index (χ4v) is 2.47. The third-order valence-corrected chi connectivity index (χ3v) is 4.00.